The first-order chi connectivity index (χ1) is 8.59. The number of hydrogen-bond donors (Lipinski definition) is 0. The van der Waals surface area contributed by atoms with E-state index in [0.717, 1.165) is 16.7 Å². The number of carbonyl (C=O) groups is 1. The molecule has 2 rings (SSSR count). The highest BCUT2D eigenvalue weighted by Gasteiger charge is 2.30. The lowest BCUT2D eigenvalue weighted by molar-refractivity contribution is -0.139. The normalized spacial score (nSPS) is 18.4. The Bertz CT molecular complexity index is 554. The molecule has 0 aromatic heterocycles. The van der Waals surface area contributed by atoms with E-state index in [1.165, 1.54) is 0 Å². The molecular weight excluding hydrogens is 224 g/mol. The molecule has 1 heterocycles. The third-order valence-corrected chi connectivity index (χ3v) is 2.87. The molecule has 1 aliphatic heterocycles. The molecule has 0 aliphatic carbocycles. The molecule has 2 heteroatoms. The van der Waals surface area contributed by atoms with Gasteiger partial charge < -0.3 is 4.74 Å². The fourth-order valence-electron chi connectivity index (χ4n) is 1.85. The monoisotopic (exact) mass is 240 g/mol. The average molecular weight is 240 g/mol. The van der Waals surface area contributed by atoms with Crippen molar-refractivity contribution in [1.29, 1.82) is 0 Å². The second kappa shape index (κ2) is 5.07. The maximum atomic E-state index is 11.7. The van der Waals surface area contributed by atoms with Crippen molar-refractivity contribution in [2.24, 2.45) is 0 Å². The fourth-order valence-corrected chi connectivity index (χ4v) is 1.85. The Labute approximate surface area is 107 Å². The quantitative estimate of drug-likeness (QED) is 0.581. The SMILES string of the molecule is CC(C)=C=CC1=C(C)C(=O)OC1c1ccccc1. The van der Waals surface area contributed by atoms with Gasteiger partial charge in [-0.3, -0.25) is 0 Å². The van der Waals surface area contributed by atoms with Crippen molar-refractivity contribution in [2.45, 2.75) is 26.9 Å². The third kappa shape index (κ3) is 2.44. The van der Waals surface area contributed by atoms with Gasteiger partial charge in [-0.25, -0.2) is 4.79 Å². The van der Waals surface area contributed by atoms with E-state index in [2.05, 4.69) is 5.73 Å². The van der Waals surface area contributed by atoms with Crippen molar-refractivity contribution in [3.05, 3.63) is 64.4 Å². The van der Waals surface area contributed by atoms with Crippen LogP contribution in [-0.2, 0) is 9.53 Å². The Kier molecular flexibility index (Phi) is 3.50. The lowest BCUT2D eigenvalue weighted by atomic mass is 9.99. The van der Waals surface area contributed by atoms with E-state index >= 15 is 0 Å². The molecule has 0 N–H and O–H groups in total. The van der Waals surface area contributed by atoms with Crippen molar-refractivity contribution >= 4 is 5.97 Å². The summed E-state index contributed by atoms with van der Waals surface area (Å²) in [5, 5.41) is 0. The highest BCUT2D eigenvalue weighted by atomic mass is 16.5. The second-order valence-electron chi connectivity index (χ2n) is 4.57. The summed E-state index contributed by atoms with van der Waals surface area (Å²) in [6, 6.07) is 9.76. The van der Waals surface area contributed by atoms with Crippen LogP contribution in [0.15, 0.2) is 58.9 Å². The number of esters is 1. The van der Waals surface area contributed by atoms with Crippen molar-refractivity contribution in [3.63, 3.8) is 0 Å². The van der Waals surface area contributed by atoms with E-state index in [1.807, 2.05) is 50.3 Å². The predicted octanol–water partition coefficient (Wildman–Crippen LogP) is 3.72. The molecule has 1 aromatic rings. The Balaban J connectivity index is 2.44. The summed E-state index contributed by atoms with van der Waals surface area (Å²) in [6.07, 6.45) is 1.55. The summed E-state index contributed by atoms with van der Waals surface area (Å²) in [5.74, 6) is -0.245. The van der Waals surface area contributed by atoms with Crippen LogP contribution in [0.4, 0.5) is 0 Å². The van der Waals surface area contributed by atoms with Crippen molar-refractivity contribution in [1.82, 2.24) is 0 Å². The van der Waals surface area contributed by atoms with Crippen molar-refractivity contribution in [3.8, 4) is 0 Å². The highest BCUT2D eigenvalue weighted by molar-refractivity contribution is 5.92. The van der Waals surface area contributed by atoms with E-state index in [-0.39, 0.29) is 12.1 Å². The molecule has 18 heavy (non-hydrogen) atoms. The number of ether oxygens (including phenoxy) is 1. The van der Waals surface area contributed by atoms with Gasteiger partial charge >= 0.3 is 5.97 Å². The molecule has 0 bridgehead atoms. The Hall–Kier alpha value is -2.05. The molecular formula is C16H16O2. The van der Waals surface area contributed by atoms with Gasteiger partial charge in [-0.15, -0.1) is 5.73 Å². The first kappa shape index (κ1) is 12.4. The fraction of sp³-hybridized carbons (Fsp3) is 0.250. The first-order valence-electron chi connectivity index (χ1n) is 5.96. The van der Waals surface area contributed by atoms with Gasteiger partial charge in [-0.1, -0.05) is 30.3 Å². The molecule has 92 valence electrons. The largest absolute Gasteiger partial charge is 0.449 e. The molecule has 1 aromatic carbocycles. The smallest absolute Gasteiger partial charge is 0.335 e. The molecule has 0 fully saturated rings. The topological polar surface area (TPSA) is 26.3 Å². The van der Waals surface area contributed by atoms with Crippen molar-refractivity contribution < 1.29 is 9.53 Å². The van der Waals surface area contributed by atoms with E-state index in [4.69, 9.17) is 4.74 Å². The van der Waals surface area contributed by atoms with E-state index in [0.29, 0.717) is 5.57 Å². The van der Waals surface area contributed by atoms with E-state index in [9.17, 15) is 4.79 Å². The molecule has 0 spiro atoms. The Morgan fingerprint density at radius 2 is 1.94 bits per heavy atom. The molecule has 0 saturated heterocycles. The summed E-state index contributed by atoms with van der Waals surface area (Å²) in [4.78, 5) is 11.7. The van der Waals surface area contributed by atoms with Crippen LogP contribution >= 0.6 is 0 Å². The van der Waals surface area contributed by atoms with E-state index in [1.54, 1.807) is 6.92 Å². The summed E-state index contributed by atoms with van der Waals surface area (Å²) >= 11 is 0. The van der Waals surface area contributed by atoms with Crippen LogP contribution in [0.2, 0.25) is 0 Å². The Morgan fingerprint density at radius 1 is 1.28 bits per heavy atom. The molecule has 0 radical (unpaired) electrons. The van der Waals surface area contributed by atoms with Gasteiger partial charge in [-0.05, 0) is 38.0 Å². The molecule has 1 unspecified atom stereocenters. The van der Waals surface area contributed by atoms with Gasteiger partial charge in [0.05, 0.1) is 0 Å². The summed E-state index contributed by atoms with van der Waals surface area (Å²) in [6.45, 7) is 5.74. The van der Waals surface area contributed by atoms with Gasteiger partial charge in [0, 0.05) is 11.1 Å². The zero-order chi connectivity index (χ0) is 13.1. The van der Waals surface area contributed by atoms with Crippen LogP contribution in [-0.4, -0.2) is 5.97 Å². The van der Waals surface area contributed by atoms with Crippen LogP contribution in [0.25, 0.3) is 0 Å². The zero-order valence-corrected chi connectivity index (χ0v) is 10.9. The second-order valence-corrected chi connectivity index (χ2v) is 4.57. The zero-order valence-electron chi connectivity index (χ0n) is 10.9. The van der Waals surface area contributed by atoms with Crippen LogP contribution in [0.3, 0.4) is 0 Å². The summed E-state index contributed by atoms with van der Waals surface area (Å²) < 4.78 is 5.41. The number of carbonyl (C=O) groups excluding carboxylic acids is 1. The van der Waals surface area contributed by atoms with Crippen LogP contribution in [0, 0.1) is 0 Å². The van der Waals surface area contributed by atoms with Crippen LogP contribution in [0.5, 0.6) is 0 Å². The molecule has 2 nitrogen and oxygen atoms in total. The van der Waals surface area contributed by atoms with Gasteiger partial charge in [0.2, 0.25) is 0 Å². The lowest BCUT2D eigenvalue weighted by Crippen LogP contribution is -2.02. The van der Waals surface area contributed by atoms with Gasteiger partial charge in [0.1, 0.15) is 0 Å². The lowest BCUT2D eigenvalue weighted by Gasteiger charge is -2.11. The van der Waals surface area contributed by atoms with Gasteiger partial charge in [0.25, 0.3) is 0 Å². The minimum absolute atomic E-state index is 0.245. The van der Waals surface area contributed by atoms with E-state index < -0.39 is 0 Å². The number of benzene rings is 1. The Morgan fingerprint density at radius 3 is 2.56 bits per heavy atom. The first-order valence-corrected chi connectivity index (χ1v) is 5.96. The minimum atomic E-state index is -0.300. The maximum absolute atomic E-state index is 11.7. The predicted molar refractivity (Wildman–Crippen MR) is 70.9 cm³/mol. The van der Waals surface area contributed by atoms with Gasteiger partial charge in [0.15, 0.2) is 6.10 Å². The van der Waals surface area contributed by atoms with Crippen LogP contribution in [0.1, 0.15) is 32.4 Å². The molecule has 1 aliphatic rings. The van der Waals surface area contributed by atoms with Gasteiger partial charge in [-0.2, -0.15) is 0 Å². The average Bonchev–Trinajstić information content (AvgIpc) is 2.64. The van der Waals surface area contributed by atoms with Crippen molar-refractivity contribution in [2.75, 3.05) is 0 Å². The summed E-state index contributed by atoms with van der Waals surface area (Å²) in [5.41, 5.74) is 6.76. The maximum Gasteiger partial charge on any atom is 0.335 e. The molecule has 0 amide bonds. The van der Waals surface area contributed by atoms with Crippen LogP contribution < -0.4 is 0 Å². The molecule has 1 atom stereocenters. The highest BCUT2D eigenvalue weighted by Crippen LogP contribution is 2.35. The minimum Gasteiger partial charge on any atom is -0.449 e. The standard InChI is InChI=1S/C16H16O2/c1-11(2)9-10-14-12(3)16(17)18-15(14)13-7-5-4-6-8-13/h4-8,10,15H,1-3H3. The number of hydrogen-bond acceptors (Lipinski definition) is 2. The summed E-state index contributed by atoms with van der Waals surface area (Å²) in [7, 11) is 0. The molecule has 0 saturated carbocycles. The third-order valence-electron chi connectivity index (χ3n) is 2.87. The number of cyclic esters (lactones) is 1. The number of rotatable bonds is 2.